The van der Waals surface area contributed by atoms with Crippen molar-refractivity contribution in [2.75, 3.05) is 7.11 Å². The number of hydrogen-bond donors (Lipinski definition) is 0. The third-order valence-corrected chi connectivity index (χ3v) is 3.32. The first kappa shape index (κ1) is 13.9. The minimum Gasteiger partial charge on any atom is -0.465 e. The number of carbonyl (C=O) groups is 1. The van der Waals surface area contributed by atoms with Gasteiger partial charge in [-0.05, 0) is 37.6 Å². The SMILES string of the molecule is CCn1c(C)cc(C#N)c1-c1ccc(C(=O)OC)cc1. The number of rotatable bonds is 3. The molecule has 20 heavy (non-hydrogen) atoms. The van der Waals surface area contributed by atoms with Crippen LogP contribution in [0.3, 0.4) is 0 Å². The zero-order chi connectivity index (χ0) is 14.7. The predicted molar refractivity (Wildman–Crippen MR) is 76.3 cm³/mol. The molecule has 2 aromatic rings. The molecule has 0 aliphatic carbocycles. The number of nitrogens with zero attached hydrogens (tertiary/aromatic N) is 2. The summed E-state index contributed by atoms with van der Waals surface area (Å²) < 4.78 is 6.77. The molecule has 2 rings (SSSR count). The van der Waals surface area contributed by atoms with Gasteiger partial charge in [0.1, 0.15) is 6.07 Å². The highest BCUT2D eigenvalue weighted by Crippen LogP contribution is 2.27. The molecule has 0 radical (unpaired) electrons. The first-order valence-corrected chi connectivity index (χ1v) is 6.41. The summed E-state index contributed by atoms with van der Waals surface area (Å²) in [7, 11) is 1.36. The van der Waals surface area contributed by atoms with E-state index in [4.69, 9.17) is 0 Å². The summed E-state index contributed by atoms with van der Waals surface area (Å²) >= 11 is 0. The Morgan fingerprint density at radius 2 is 2.00 bits per heavy atom. The molecule has 0 bridgehead atoms. The zero-order valence-electron chi connectivity index (χ0n) is 11.8. The van der Waals surface area contributed by atoms with Gasteiger partial charge in [-0.2, -0.15) is 5.26 Å². The Balaban J connectivity index is 2.52. The van der Waals surface area contributed by atoms with E-state index in [0.717, 1.165) is 23.5 Å². The van der Waals surface area contributed by atoms with Crippen LogP contribution in [0.1, 0.15) is 28.5 Å². The van der Waals surface area contributed by atoms with E-state index in [-0.39, 0.29) is 5.97 Å². The van der Waals surface area contributed by atoms with Gasteiger partial charge in [-0.25, -0.2) is 4.79 Å². The summed E-state index contributed by atoms with van der Waals surface area (Å²) in [6.45, 7) is 4.82. The Hall–Kier alpha value is -2.54. The molecule has 0 amide bonds. The molecule has 1 aromatic heterocycles. The maximum atomic E-state index is 11.4. The van der Waals surface area contributed by atoms with Crippen LogP contribution in [0.2, 0.25) is 0 Å². The van der Waals surface area contributed by atoms with Gasteiger partial charge >= 0.3 is 5.97 Å². The summed E-state index contributed by atoms with van der Waals surface area (Å²) in [5, 5.41) is 9.26. The van der Waals surface area contributed by atoms with E-state index in [1.54, 1.807) is 12.1 Å². The molecule has 1 aromatic carbocycles. The number of nitriles is 1. The fraction of sp³-hybridized carbons (Fsp3) is 0.250. The van der Waals surface area contributed by atoms with E-state index in [1.165, 1.54) is 7.11 Å². The Morgan fingerprint density at radius 3 is 2.50 bits per heavy atom. The van der Waals surface area contributed by atoms with Gasteiger partial charge in [0.2, 0.25) is 0 Å². The van der Waals surface area contributed by atoms with Gasteiger partial charge in [0.25, 0.3) is 0 Å². The van der Waals surface area contributed by atoms with Gasteiger partial charge in [-0.15, -0.1) is 0 Å². The van der Waals surface area contributed by atoms with Crippen molar-refractivity contribution in [1.29, 1.82) is 5.26 Å². The Morgan fingerprint density at radius 1 is 1.35 bits per heavy atom. The van der Waals surface area contributed by atoms with Crippen LogP contribution >= 0.6 is 0 Å². The highest BCUT2D eigenvalue weighted by molar-refractivity contribution is 5.90. The summed E-state index contributed by atoms with van der Waals surface area (Å²) in [5.41, 5.74) is 4.01. The van der Waals surface area contributed by atoms with Crippen LogP contribution in [0, 0.1) is 18.3 Å². The average molecular weight is 268 g/mol. The fourth-order valence-corrected chi connectivity index (χ4v) is 2.36. The normalized spacial score (nSPS) is 10.1. The maximum absolute atomic E-state index is 11.4. The second kappa shape index (κ2) is 5.62. The van der Waals surface area contributed by atoms with Crippen LogP contribution in [0.4, 0.5) is 0 Å². The standard InChI is InChI=1S/C16H16N2O2/c1-4-18-11(2)9-14(10-17)15(18)12-5-7-13(8-6-12)16(19)20-3/h5-9H,4H2,1-3H3. The van der Waals surface area contributed by atoms with Crippen molar-refractivity contribution in [3.05, 3.63) is 47.2 Å². The van der Waals surface area contributed by atoms with Crippen molar-refractivity contribution in [3.63, 3.8) is 0 Å². The first-order chi connectivity index (χ1) is 9.62. The predicted octanol–water partition coefficient (Wildman–Crippen LogP) is 3.14. The molecule has 0 N–H and O–H groups in total. The van der Waals surface area contributed by atoms with Crippen molar-refractivity contribution >= 4 is 5.97 Å². The van der Waals surface area contributed by atoms with Crippen LogP contribution in [-0.4, -0.2) is 17.6 Å². The molecule has 4 nitrogen and oxygen atoms in total. The van der Waals surface area contributed by atoms with E-state index >= 15 is 0 Å². The van der Waals surface area contributed by atoms with Crippen molar-refractivity contribution in [1.82, 2.24) is 4.57 Å². The van der Waals surface area contributed by atoms with Crippen molar-refractivity contribution in [2.45, 2.75) is 20.4 Å². The Bertz CT molecular complexity index is 676. The van der Waals surface area contributed by atoms with Crippen molar-refractivity contribution < 1.29 is 9.53 Å². The third-order valence-electron chi connectivity index (χ3n) is 3.32. The van der Waals surface area contributed by atoms with Gasteiger partial charge < -0.3 is 9.30 Å². The second-order valence-electron chi connectivity index (χ2n) is 4.47. The smallest absolute Gasteiger partial charge is 0.337 e. The van der Waals surface area contributed by atoms with Gasteiger partial charge in [0, 0.05) is 12.2 Å². The molecule has 0 saturated heterocycles. The third kappa shape index (κ3) is 2.30. The number of benzene rings is 1. The van der Waals surface area contributed by atoms with E-state index in [0.29, 0.717) is 11.1 Å². The van der Waals surface area contributed by atoms with E-state index in [2.05, 4.69) is 15.4 Å². The quantitative estimate of drug-likeness (QED) is 0.803. The minimum absolute atomic E-state index is 0.362. The molecule has 0 aliphatic rings. The second-order valence-corrected chi connectivity index (χ2v) is 4.47. The summed E-state index contributed by atoms with van der Waals surface area (Å²) in [6, 6.07) is 11.2. The molecule has 0 fully saturated rings. The lowest BCUT2D eigenvalue weighted by Crippen LogP contribution is -2.02. The van der Waals surface area contributed by atoms with Crippen molar-refractivity contribution in [3.8, 4) is 17.3 Å². The maximum Gasteiger partial charge on any atom is 0.337 e. The zero-order valence-corrected chi connectivity index (χ0v) is 11.8. The summed E-state index contributed by atoms with van der Waals surface area (Å²) in [4.78, 5) is 11.4. The van der Waals surface area contributed by atoms with Crippen molar-refractivity contribution in [2.24, 2.45) is 0 Å². The van der Waals surface area contributed by atoms with Gasteiger partial charge in [-0.1, -0.05) is 12.1 Å². The largest absolute Gasteiger partial charge is 0.465 e. The number of ether oxygens (including phenoxy) is 1. The lowest BCUT2D eigenvalue weighted by Gasteiger charge is -2.10. The van der Waals surface area contributed by atoms with Crippen LogP contribution in [0.25, 0.3) is 11.3 Å². The highest BCUT2D eigenvalue weighted by Gasteiger charge is 2.14. The number of hydrogen-bond acceptors (Lipinski definition) is 3. The molecule has 0 spiro atoms. The summed E-state index contributed by atoms with van der Waals surface area (Å²) in [6.07, 6.45) is 0. The van der Waals surface area contributed by atoms with Crippen LogP contribution in [-0.2, 0) is 11.3 Å². The fourth-order valence-electron chi connectivity index (χ4n) is 2.36. The summed E-state index contributed by atoms with van der Waals surface area (Å²) in [5.74, 6) is -0.362. The van der Waals surface area contributed by atoms with Gasteiger partial charge in [-0.3, -0.25) is 0 Å². The molecule has 4 heteroatoms. The topological polar surface area (TPSA) is 55.0 Å². The van der Waals surface area contributed by atoms with Crippen LogP contribution < -0.4 is 0 Å². The molecular weight excluding hydrogens is 252 g/mol. The monoisotopic (exact) mass is 268 g/mol. The lowest BCUT2D eigenvalue weighted by atomic mass is 10.1. The molecule has 0 unspecified atom stereocenters. The molecule has 0 atom stereocenters. The Kier molecular flexibility index (Phi) is 3.90. The minimum atomic E-state index is -0.362. The van der Waals surface area contributed by atoms with E-state index < -0.39 is 0 Å². The number of carbonyl (C=O) groups excluding carboxylic acids is 1. The molecular formula is C16H16N2O2. The van der Waals surface area contributed by atoms with Crippen LogP contribution in [0.15, 0.2) is 30.3 Å². The Labute approximate surface area is 118 Å². The average Bonchev–Trinajstić information content (AvgIpc) is 2.82. The van der Waals surface area contributed by atoms with E-state index in [1.807, 2.05) is 32.0 Å². The number of esters is 1. The lowest BCUT2D eigenvalue weighted by molar-refractivity contribution is 0.0601. The highest BCUT2D eigenvalue weighted by atomic mass is 16.5. The van der Waals surface area contributed by atoms with Gasteiger partial charge in [0.05, 0.1) is 23.9 Å². The first-order valence-electron chi connectivity index (χ1n) is 6.41. The molecule has 0 aliphatic heterocycles. The molecule has 102 valence electrons. The number of aryl methyl sites for hydroxylation is 1. The van der Waals surface area contributed by atoms with Gasteiger partial charge in [0.15, 0.2) is 0 Å². The number of methoxy groups -OCH3 is 1. The van der Waals surface area contributed by atoms with Crippen LogP contribution in [0.5, 0.6) is 0 Å². The molecule has 1 heterocycles. The van der Waals surface area contributed by atoms with E-state index in [9.17, 15) is 10.1 Å². The molecule has 0 saturated carbocycles. The number of aromatic nitrogens is 1.